The molecule has 1 saturated heterocycles. The van der Waals surface area contributed by atoms with E-state index in [9.17, 15) is 22.4 Å². The van der Waals surface area contributed by atoms with Crippen LogP contribution in [0.15, 0.2) is 59.8 Å². The van der Waals surface area contributed by atoms with E-state index in [0.717, 1.165) is 12.1 Å². The number of benzene rings is 2. The standard InChI is InChI=1S/C24H21F4N3O2S/c1-31(21-13-29-6-5-19(21)20-4-3-16(25)10-22(20)33-2)23(32)14-7-15(24(26,27)28)9-17(8-14)34-18-11-30-12-18/h3-10,13,18,30H,11-12H2,1-2H3. The predicted molar refractivity (Wildman–Crippen MR) is 123 cm³/mol. The molecule has 10 heteroatoms. The molecule has 1 amide bonds. The van der Waals surface area contributed by atoms with E-state index in [1.807, 2.05) is 0 Å². The van der Waals surface area contributed by atoms with Gasteiger partial charge in [0, 0.05) is 59.2 Å². The number of rotatable bonds is 6. The van der Waals surface area contributed by atoms with Gasteiger partial charge in [0.2, 0.25) is 0 Å². The highest BCUT2D eigenvalue weighted by Gasteiger charge is 2.33. The van der Waals surface area contributed by atoms with Crippen molar-refractivity contribution in [2.45, 2.75) is 16.3 Å². The molecule has 2 heterocycles. The number of pyridine rings is 1. The second-order valence-corrected chi connectivity index (χ2v) is 9.12. The molecule has 5 nitrogen and oxygen atoms in total. The quantitative estimate of drug-likeness (QED) is 0.477. The van der Waals surface area contributed by atoms with Crippen LogP contribution in [0.5, 0.6) is 5.75 Å². The predicted octanol–water partition coefficient (Wildman–Crippen LogP) is 5.26. The molecule has 178 valence electrons. The Morgan fingerprint density at radius 2 is 1.91 bits per heavy atom. The van der Waals surface area contributed by atoms with E-state index in [0.29, 0.717) is 34.8 Å². The number of methoxy groups -OCH3 is 1. The molecule has 4 rings (SSSR count). The number of aromatic nitrogens is 1. The molecular formula is C24H21F4N3O2S. The molecule has 0 spiro atoms. The third-order valence-corrected chi connectivity index (χ3v) is 6.62. The summed E-state index contributed by atoms with van der Waals surface area (Å²) in [5.41, 5.74) is 0.400. The van der Waals surface area contributed by atoms with Gasteiger partial charge < -0.3 is 15.0 Å². The molecule has 1 N–H and O–H groups in total. The zero-order valence-electron chi connectivity index (χ0n) is 18.3. The molecule has 0 atom stereocenters. The van der Waals surface area contributed by atoms with Crippen molar-refractivity contribution in [3.05, 3.63) is 71.8 Å². The summed E-state index contributed by atoms with van der Waals surface area (Å²) in [6.45, 7) is 1.39. The Hall–Kier alpha value is -3.11. The molecule has 1 aromatic heterocycles. The third kappa shape index (κ3) is 5.02. The van der Waals surface area contributed by atoms with E-state index in [1.54, 1.807) is 6.07 Å². The smallest absolute Gasteiger partial charge is 0.416 e. The number of hydrogen-bond acceptors (Lipinski definition) is 5. The molecular weight excluding hydrogens is 470 g/mol. The summed E-state index contributed by atoms with van der Waals surface area (Å²) in [4.78, 5) is 19.0. The first-order valence-corrected chi connectivity index (χ1v) is 11.2. The van der Waals surface area contributed by atoms with E-state index < -0.39 is 23.5 Å². The van der Waals surface area contributed by atoms with E-state index in [-0.39, 0.29) is 16.6 Å². The number of nitrogens with zero attached hydrogens (tertiary/aromatic N) is 2. The Morgan fingerprint density at radius 3 is 2.56 bits per heavy atom. The minimum atomic E-state index is -4.59. The minimum absolute atomic E-state index is 0.0898. The summed E-state index contributed by atoms with van der Waals surface area (Å²) in [5.74, 6) is -0.869. The van der Waals surface area contributed by atoms with Crippen LogP contribution in [0.4, 0.5) is 23.2 Å². The normalized spacial score (nSPS) is 13.9. The Balaban J connectivity index is 1.73. The van der Waals surface area contributed by atoms with Gasteiger partial charge in [-0.3, -0.25) is 9.78 Å². The summed E-state index contributed by atoms with van der Waals surface area (Å²) in [6.07, 6.45) is -1.66. The lowest BCUT2D eigenvalue weighted by molar-refractivity contribution is -0.137. The molecule has 2 aromatic carbocycles. The summed E-state index contributed by atoms with van der Waals surface area (Å²) < 4.78 is 59.7. The van der Waals surface area contributed by atoms with Crippen LogP contribution in [0.25, 0.3) is 11.1 Å². The number of carbonyl (C=O) groups is 1. The van der Waals surface area contributed by atoms with E-state index in [2.05, 4.69) is 10.3 Å². The second-order valence-electron chi connectivity index (χ2n) is 7.74. The van der Waals surface area contributed by atoms with Crippen molar-refractivity contribution >= 4 is 23.4 Å². The fourth-order valence-electron chi connectivity index (χ4n) is 3.56. The van der Waals surface area contributed by atoms with Gasteiger partial charge in [-0.25, -0.2) is 4.39 Å². The first kappa shape index (κ1) is 24.0. The lowest BCUT2D eigenvalue weighted by atomic mass is 10.0. The number of carbonyl (C=O) groups excluding carboxylic acids is 1. The van der Waals surface area contributed by atoms with Gasteiger partial charge in [0.1, 0.15) is 11.6 Å². The third-order valence-electron chi connectivity index (χ3n) is 5.45. The van der Waals surface area contributed by atoms with Gasteiger partial charge >= 0.3 is 6.18 Å². The van der Waals surface area contributed by atoms with Crippen molar-refractivity contribution in [3.63, 3.8) is 0 Å². The molecule has 0 radical (unpaired) electrons. The van der Waals surface area contributed by atoms with Crippen LogP contribution >= 0.6 is 11.8 Å². The Bertz CT molecular complexity index is 1220. The zero-order chi connectivity index (χ0) is 24.5. The van der Waals surface area contributed by atoms with Gasteiger partial charge in [-0.15, -0.1) is 11.8 Å². The highest BCUT2D eigenvalue weighted by atomic mass is 32.2. The van der Waals surface area contributed by atoms with Crippen molar-refractivity contribution in [1.82, 2.24) is 10.3 Å². The number of anilines is 1. The number of alkyl halides is 3. The monoisotopic (exact) mass is 491 g/mol. The van der Waals surface area contributed by atoms with Crippen LogP contribution in [0.1, 0.15) is 15.9 Å². The van der Waals surface area contributed by atoms with Gasteiger partial charge in [0.25, 0.3) is 5.91 Å². The van der Waals surface area contributed by atoms with Crippen molar-refractivity contribution in [2.24, 2.45) is 0 Å². The average molecular weight is 492 g/mol. The highest BCUT2D eigenvalue weighted by Crippen LogP contribution is 2.38. The van der Waals surface area contributed by atoms with Crippen LogP contribution in [-0.2, 0) is 6.18 Å². The van der Waals surface area contributed by atoms with Crippen LogP contribution in [0.3, 0.4) is 0 Å². The Labute approximate surface area is 198 Å². The Morgan fingerprint density at radius 1 is 1.15 bits per heavy atom. The maximum absolute atomic E-state index is 13.7. The number of amides is 1. The molecule has 0 aliphatic carbocycles. The summed E-state index contributed by atoms with van der Waals surface area (Å²) >= 11 is 1.31. The minimum Gasteiger partial charge on any atom is -0.496 e. The van der Waals surface area contributed by atoms with Gasteiger partial charge in [0.05, 0.1) is 24.6 Å². The first-order valence-electron chi connectivity index (χ1n) is 10.3. The van der Waals surface area contributed by atoms with Gasteiger partial charge in [0.15, 0.2) is 0 Å². The molecule has 0 unspecified atom stereocenters. The second kappa shape index (κ2) is 9.63. The topological polar surface area (TPSA) is 54.5 Å². The number of nitrogens with one attached hydrogen (secondary N) is 1. The van der Waals surface area contributed by atoms with Crippen LogP contribution < -0.4 is 15.0 Å². The first-order chi connectivity index (χ1) is 16.2. The van der Waals surface area contributed by atoms with Crippen molar-refractivity contribution in [1.29, 1.82) is 0 Å². The summed E-state index contributed by atoms with van der Waals surface area (Å²) in [6, 6.07) is 9.02. The number of hydrogen-bond donors (Lipinski definition) is 1. The fraction of sp³-hybridized carbons (Fsp3) is 0.250. The van der Waals surface area contributed by atoms with Crippen LogP contribution in [0.2, 0.25) is 0 Å². The number of thioether (sulfide) groups is 1. The summed E-state index contributed by atoms with van der Waals surface area (Å²) in [5, 5.41) is 3.23. The van der Waals surface area contributed by atoms with Crippen LogP contribution in [0, 0.1) is 5.82 Å². The van der Waals surface area contributed by atoms with Gasteiger partial charge in [-0.05, 0) is 36.4 Å². The van der Waals surface area contributed by atoms with E-state index >= 15 is 0 Å². The molecule has 0 saturated carbocycles. The lowest BCUT2D eigenvalue weighted by Crippen LogP contribution is -2.44. The van der Waals surface area contributed by atoms with Gasteiger partial charge in [-0.2, -0.15) is 13.2 Å². The molecule has 3 aromatic rings. The molecule has 1 aliphatic heterocycles. The number of ether oxygens (including phenoxy) is 1. The van der Waals surface area contributed by atoms with Crippen LogP contribution in [-0.4, -0.2) is 43.4 Å². The largest absolute Gasteiger partial charge is 0.496 e. The molecule has 1 fully saturated rings. The van der Waals surface area contributed by atoms with E-state index in [4.69, 9.17) is 4.74 Å². The maximum Gasteiger partial charge on any atom is 0.416 e. The fourth-order valence-corrected chi connectivity index (χ4v) is 4.74. The van der Waals surface area contributed by atoms with E-state index in [1.165, 1.54) is 67.5 Å². The van der Waals surface area contributed by atoms with Gasteiger partial charge in [-0.1, -0.05) is 0 Å². The highest BCUT2D eigenvalue weighted by molar-refractivity contribution is 8.00. The van der Waals surface area contributed by atoms with Crippen molar-refractivity contribution in [2.75, 3.05) is 32.1 Å². The summed E-state index contributed by atoms with van der Waals surface area (Å²) in [7, 11) is 2.86. The number of halogens is 4. The molecule has 1 aliphatic rings. The van der Waals surface area contributed by atoms with Crippen molar-refractivity contribution < 1.29 is 27.1 Å². The van der Waals surface area contributed by atoms with Crippen molar-refractivity contribution in [3.8, 4) is 16.9 Å². The average Bonchev–Trinajstić information content (AvgIpc) is 2.79. The maximum atomic E-state index is 13.7. The molecule has 34 heavy (non-hydrogen) atoms. The SMILES string of the molecule is COc1cc(F)ccc1-c1ccncc1N(C)C(=O)c1cc(SC2CNC2)cc(C(F)(F)F)c1. The molecule has 0 bridgehead atoms. The zero-order valence-corrected chi connectivity index (χ0v) is 19.1. The lowest BCUT2D eigenvalue weighted by Gasteiger charge is -2.27. The Kier molecular flexibility index (Phi) is 6.81.